The Balaban J connectivity index is 2.60. The van der Waals surface area contributed by atoms with Crippen LogP contribution in [-0.4, -0.2) is 25.8 Å². The number of benzene rings is 1. The van der Waals surface area contributed by atoms with Gasteiger partial charge in [0.05, 0.1) is 0 Å². The molecule has 102 valence electrons. The lowest BCUT2D eigenvalue weighted by Crippen LogP contribution is -2.28. The van der Waals surface area contributed by atoms with Gasteiger partial charge in [-0.2, -0.15) is 0 Å². The molecule has 0 bridgehead atoms. The van der Waals surface area contributed by atoms with E-state index in [9.17, 15) is 0 Å². The lowest BCUT2D eigenvalue weighted by molar-refractivity contribution is 0.139. The quantitative estimate of drug-likeness (QED) is 0.712. The zero-order valence-corrected chi connectivity index (χ0v) is 12.2. The van der Waals surface area contributed by atoms with Crippen molar-refractivity contribution < 1.29 is 4.74 Å². The minimum Gasteiger partial charge on any atom is -0.382 e. The van der Waals surface area contributed by atoms with Gasteiger partial charge in [-0.1, -0.05) is 43.7 Å². The first kappa shape index (κ1) is 15.2. The summed E-state index contributed by atoms with van der Waals surface area (Å²) in [4.78, 5) is 0. The van der Waals surface area contributed by atoms with E-state index in [-0.39, 0.29) is 0 Å². The minimum atomic E-state index is 0.532. The third-order valence-electron chi connectivity index (χ3n) is 3.14. The maximum absolute atomic E-state index is 5.49. The van der Waals surface area contributed by atoms with Crippen LogP contribution >= 0.6 is 0 Å². The number of rotatable bonds is 8. The average molecular weight is 249 g/mol. The Bertz CT molecular complexity index is 318. The van der Waals surface area contributed by atoms with Crippen molar-refractivity contribution in [1.29, 1.82) is 0 Å². The van der Waals surface area contributed by atoms with E-state index in [2.05, 4.69) is 50.4 Å². The molecule has 0 aliphatic rings. The Kier molecular flexibility index (Phi) is 6.99. The number of hydrogen-bond acceptors (Lipinski definition) is 2. The van der Waals surface area contributed by atoms with Crippen molar-refractivity contribution in [3.8, 4) is 0 Å². The molecule has 0 aliphatic carbocycles. The molecule has 1 aromatic carbocycles. The molecule has 2 nitrogen and oxygen atoms in total. The van der Waals surface area contributed by atoms with E-state index in [1.807, 2.05) is 6.92 Å². The van der Waals surface area contributed by atoms with Crippen molar-refractivity contribution >= 4 is 0 Å². The molecule has 0 heterocycles. The summed E-state index contributed by atoms with van der Waals surface area (Å²) in [5.74, 6) is 0.541. The van der Waals surface area contributed by atoms with Gasteiger partial charge in [-0.05, 0) is 31.7 Å². The van der Waals surface area contributed by atoms with Crippen molar-refractivity contribution in [2.75, 3.05) is 19.8 Å². The summed E-state index contributed by atoms with van der Waals surface area (Å²) in [6.45, 7) is 11.2. The molecule has 0 fully saturated rings. The molecule has 2 heteroatoms. The Hall–Kier alpha value is -0.860. The highest BCUT2D eigenvalue weighted by Crippen LogP contribution is 2.19. The van der Waals surface area contributed by atoms with Crippen LogP contribution in [-0.2, 0) is 4.74 Å². The summed E-state index contributed by atoms with van der Waals surface area (Å²) < 4.78 is 5.49. The maximum Gasteiger partial charge on any atom is 0.0472 e. The minimum absolute atomic E-state index is 0.532. The molecule has 0 saturated heterocycles. The van der Waals surface area contributed by atoms with Crippen LogP contribution in [0.15, 0.2) is 24.3 Å². The van der Waals surface area contributed by atoms with Crippen molar-refractivity contribution in [1.82, 2.24) is 5.32 Å². The monoisotopic (exact) mass is 249 g/mol. The molecule has 18 heavy (non-hydrogen) atoms. The van der Waals surface area contributed by atoms with E-state index in [4.69, 9.17) is 4.74 Å². The van der Waals surface area contributed by atoms with Gasteiger partial charge in [0.2, 0.25) is 0 Å². The second-order valence-corrected chi connectivity index (χ2v) is 5.16. The van der Waals surface area contributed by atoms with Crippen LogP contribution in [0.1, 0.15) is 44.2 Å². The first-order valence-corrected chi connectivity index (χ1v) is 7.01. The predicted octanol–water partition coefficient (Wildman–Crippen LogP) is 3.50. The van der Waals surface area contributed by atoms with Crippen LogP contribution in [0.2, 0.25) is 0 Å². The number of nitrogens with one attached hydrogen (secondary N) is 1. The molecule has 0 saturated carbocycles. The molecular formula is C16H27NO. The molecule has 0 amide bonds. The summed E-state index contributed by atoms with van der Waals surface area (Å²) >= 11 is 0. The van der Waals surface area contributed by atoms with Gasteiger partial charge in [0.25, 0.3) is 0 Å². The molecular weight excluding hydrogens is 222 g/mol. The fourth-order valence-corrected chi connectivity index (χ4v) is 1.97. The van der Waals surface area contributed by atoms with Crippen LogP contribution in [0, 0.1) is 6.92 Å². The van der Waals surface area contributed by atoms with Gasteiger partial charge < -0.3 is 10.1 Å². The van der Waals surface area contributed by atoms with E-state index in [0.717, 1.165) is 26.2 Å². The van der Waals surface area contributed by atoms with Crippen molar-refractivity contribution in [3.63, 3.8) is 0 Å². The van der Waals surface area contributed by atoms with E-state index in [1.54, 1.807) is 0 Å². The van der Waals surface area contributed by atoms with E-state index < -0.39 is 0 Å². The largest absolute Gasteiger partial charge is 0.382 e. The van der Waals surface area contributed by atoms with Gasteiger partial charge in [-0.25, -0.2) is 0 Å². The van der Waals surface area contributed by atoms with Gasteiger partial charge >= 0.3 is 0 Å². The van der Waals surface area contributed by atoms with Gasteiger partial charge in [-0.3, -0.25) is 0 Å². The second-order valence-electron chi connectivity index (χ2n) is 5.16. The van der Waals surface area contributed by atoms with Crippen LogP contribution in [0.25, 0.3) is 0 Å². The lowest BCUT2D eigenvalue weighted by Gasteiger charge is -2.20. The molecule has 0 radical (unpaired) electrons. The normalized spacial score (nSPS) is 12.9. The summed E-state index contributed by atoms with van der Waals surface area (Å²) in [5.41, 5.74) is 2.73. The van der Waals surface area contributed by atoms with Crippen molar-refractivity contribution in [3.05, 3.63) is 35.4 Å². The van der Waals surface area contributed by atoms with Crippen molar-refractivity contribution in [2.24, 2.45) is 0 Å². The zero-order valence-electron chi connectivity index (χ0n) is 12.2. The highest BCUT2D eigenvalue weighted by molar-refractivity contribution is 5.24. The number of aryl methyl sites for hydroxylation is 1. The standard InChI is InChI=1S/C16H27NO/c1-5-18-11-10-16(12-17-13(2)3)15-8-6-14(4)7-9-15/h6-9,13,16-17H,5,10-12H2,1-4H3. The van der Waals surface area contributed by atoms with Crippen LogP contribution < -0.4 is 5.32 Å². The molecule has 1 unspecified atom stereocenters. The molecule has 1 N–H and O–H groups in total. The Labute approximate surface area is 112 Å². The molecule has 0 aliphatic heterocycles. The molecule has 0 spiro atoms. The highest BCUT2D eigenvalue weighted by Gasteiger charge is 2.11. The van der Waals surface area contributed by atoms with Crippen molar-refractivity contribution in [2.45, 2.75) is 46.1 Å². The van der Waals surface area contributed by atoms with E-state index in [0.29, 0.717) is 12.0 Å². The third kappa shape index (κ3) is 5.65. The Morgan fingerprint density at radius 1 is 1.17 bits per heavy atom. The summed E-state index contributed by atoms with van der Waals surface area (Å²) in [5, 5.41) is 3.53. The summed E-state index contributed by atoms with van der Waals surface area (Å²) in [6.07, 6.45) is 1.08. The van der Waals surface area contributed by atoms with E-state index >= 15 is 0 Å². The second kappa shape index (κ2) is 8.28. The topological polar surface area (TPSA) is 21.3 Å². The number of hydrogen-bond donors (Lipinski definition) is 1. The average Bonchev–Trinajstić information content (AvgIpc) is 2.34. The molecule has 1 atom stereocenters. The molecule has 0 aromatic heterocycles. The maximum atomic E-state index is 5.49. The van der Waals surface area contributed by atoms with Gasteiger partial charge in [0.1, 0.15) is 0 Å². The smallest absolute Gasteiger partial charge is 0.0472 e. The molecule has 1 rings (SSSR count). The predicted molar refractivity (Wildman–Crippen MR) is 78.2 cm³/mol. The zero-order chi connectivity index (χ0) is 13.4. The van der Waals surface area contributed by atoms with Crippen LogP contribution in [0.4, 0.5) is 0 Å². The summed E-state index contributed by atoms with van der Waals surface area (Å²) in [7, 11) is 0. The van der Waals surface area contributed by atoms with Crippen LogP contribution in [0.3, 0.4) is 0 Å². The number of ether oxygens (including phenoxy) is 1. The Morgan fingerprint density at radius 2 is 1.83 bits per heavy atom. The molecule has 1 aromatic rings. The van der Waals surface area contributed by atoms with Gasteiger partial charge in [-0.15, -0.1) is 0 Å². The van der Waals surface area contributed by atoms with E-state index in [1.165, 1.54) is 11.1 Å². The first-order valence-electron chi connectivity index (χ1n) is 7.01. The van der Waals surface area contributed by atoms with Gasteiger partial charge in [0, 0.05) is 25.8 Å². The van der Waals surface area contributed by atoms with Gasteiger partial charge in [0.15, 0.2) is 0 Å². The Morgan fingerprint density at radius 3 is 2.39 bits per heavy atom. The fraction of sp³-hybridized carbons (Fsp3) is 0.625. The lowest BCUT2D eigenvalue weighted by atomic mass is 9.95. The van der Waals surface area contributed by atoms with Crippen LogP contribution in [0.5, 0.6) is 0 Å². The SMILES string of the molecule is CCOCCC(CNC(C)C)c1ccc(C)cc1. The highest BCUT2D eigenvalue weighted by atomic mass is 16.5. The fourth-order valence-electron chi connectivity index (χ4n) is 1.97. The first-order chi connectivity index (χ1) is 8.63. The summed E-state index contributed by atoms with van der Waals surface area (Å²) in [6, 6.07) is 9.41. The third-order valence-corrected chi connectivity index (χ3v) is 3.14.